The van der Waals surface area contributed by atoms with Crippen LogP contribution in [0.4, 0.5) is 5.95 Å². The lowest BCUT2D eigenvalue weighted by Gasteiger charge is -2.31. The molecule has 0 aromatic carbocycles. The third-order valence-corrected chi connectivity index (χ3v) is 6.70. The topological polar surface area (TPSA) is 126 Å². The fraction of sp³-hybridized carbons (Fsp3) is 0.500. The highest BCUT2D eigenvalue weighted by Gasteiger charge is 2.27. The van der Waals surface area contributed by atoms with E-state index in [4.69, 9.17) is 14.7 Å². The van der Waals surface area contributed by atoms with Gasteiger partial charge in [0.15, 0.2) is 5.65 Å². The number of methoxy groups -OCH3 is 1. The molecule has 0 spiro atoms. The Hall–Kier alpha value is -2.63. The molecular weight excluding hydrogens is 418 g/mol. The van der Waals surface area contributed by atoms with E-state index in [0.29, 0.717) is 44.3 Å². The number of anilines is 1. The maximum absolute atomic E-state index is 12.0. The highest BCUT2D eigenvalue weighted by atomic mass is 32.2. The Bertz CT molecular complexity index is 1150. The molecule has 4 rings (SSSR count). The van der Waals surface area contributed by atoms with E-state index < -0.39 is 10.0 Å². The number of aromatic nitrogens is 5. The number of ether oxygens (including phenoxy) is 1. The van der Waals surface area contributed by atoms with Crippen molar-refractivity contribution in [3.63, 3.8) is 0 Å². The fourth-order valence-electron chi connectivity index (χ4n) is 3.87. The number of nitrogens with one attached hydrogen (secondary N) is 2. The predicted molar refractivity (Wildman–Crippen MR) is 118 cm³/mol. The molecule has 2 N–H and O–H groups in total. The highest BCUT2D eigenvalue weighted by Crippen LogP contribution is 2.28. The Kier molecular flexibility index (Phi) is 6.44. The summed E-state index contributed by atoms with van der Waals surface area (Å²) in [5, 5.41) is 3.17. The van der Waals surface area contributed by atoms with Gasteiger partial charge in [-0.2, -0.15) is 0 Å². The van der Waals surface area contributed by atoms with Crippen LogP contribution in [0.2, 0.25) is 0 Å². The molecule has 0 aliphatic carbocycles. The van der Waals surface area contributed by atoms with Crippen molar-refractivity contribution in [3.8, 4) is 11.3 Å². The van der Waals surface area contributed by atoms with Gasteiger partial charge in [-0.05, 0) is 31.2 Å². The predicted octanol–water partition coefficient (Wildman–Crippen LogP) is 1.69. The van der Waals surface area contributed by atoms with Crippen LogP contribution in [-0.4, -0.2) is 77.2 Å². The van der Waals surface area contributed by atoms with Gasteiger partial charge >= 0.3 is 0 Å². The van der Waals surface area contributed by atoms with Gasteiger partial charge in [-0.25, -0.2) is 32.7 Å². The van der Waals surface area contributed by atoms with E-state index in [1.807, 2.05) is 6.07 Å². The zero-order chi connectivity index (χ0) is 21.8. The van der Waals surface area contributed by atoms with Crippen LogP contribution >= 0.6 is 0 Å². The van der Waals surface area contributed by atoms with Crippen LogP contribution in [0.15, 0.2) is 24.7 Å². The van der Waals surface area contributed by atoms with E-state index in [9.17, 15) is 8.42 Å². The third-order valence-electron chi connectivity index (χ3n) is 5.43. The van der Waals surface area contributed by atoms with Crippen molar-refractivity contribution in [1.82, 2.24) is 29.2 Å². The second kappa shape index (κ2) is 9.25. The SMILES string of the molecule is COCCNc1ncc(-c2cnc3[nH]ccc3n2)c(C[C@H]2CCCN(S(C)(=O)=O)C2)n1. The van der Waals surface area contributed by atoms with E-state index in [1.165, 1.54) is 6.26 Å². The van der Waals surface area contributed by atoms with Crippen molar-refractivity contribution in [2.24, 2.45) is 5.92 Å². The first-order valence-corrected chi connectivity index (χ1v) is 12.1. The van der Waals surface area contributed by atoms with Gasteiger partial charge in [0.2, 0.25) is 16.0 Å². The van der Waals surface area contributed by atoms with Crippen LogP contribution in [0.1, 0.15) is 18.5 Å². The van der Waals surface area contributed by atoms with Crippen molar-refractivity contribution >= 4 is 27.1 Å². The van der Waals surface area contributed by atoms with Crippen LogP contribution in [0.25, 0.3) is 22.4 Å². The van der Waals surface area contributed by atoms with Crippen LogP contribution < -0.4 is 5.32 Å². The van der Waals surface area contributed by atoms with Gasteiger partial charge in [0, 0.05) is 44.7 Å². The summed E-state index contributed by atoms with van der Waals surface area (Å²) in [4.78, 5) is 21.4. The van der Waals surface area contributed by atoms with Gasteiger partial charge in [-0.1, -0.05) is 0 Å². The molecule has 1 atom stereocenters. The summed E-state index contributed by atoms with van der Waals surface area (Å²) in [6.45, 7) is 2.21. The molecule has 0 amide bonds. The first kappa shape index (κ1) is 21.6. The maximum atomic E-state index is 12.0. The monoisotopic (exact) mass is 445 g/mol. The Balaban J connectivity index is 1.64. The van der Waals surface area contributed by atoms with E-state index in [-0.39, 0.29) is 5.92 Å². The van der Waals surface area contributed by atoms with Crippen molar-refractivity contribution in [2.45, 2.75) is 19.3 Å². The summed E-state index contributed by atoms with van der Waals surface area (Å²) in [5.74, 6) is 0.690. The van der Waals surface area contributed by atoms with Crippen LogP contribution in [0.3, 0.4) is 0 Å². The van der Waals surface area contributed by atoms with E-state index in [2.05, 4.69) is 20.3 Å². The molecule has 3 aromatic heterocycles. The molecule has 0 radical (unpaired) electrons. The second-order valence-corrected chi connectivity index (χ2v) is 9.76. The van der Waals surface area contributed by atoms with Crippen LogP contribution in [0.5, 0.6) is 0 Å². The summed E-state index contributed by atoms with van der Waals surface area (Å²) in [6.07, 6.45) is 8.97. The Morgan fingerprint density at radius 3 is 2.97 bits per heavy atom. The molecule has 11 heteroatoms. The molecule has 0 bridgehead atoms. The lowest BCUT2D eigenvalue weighted by atomic mass is 9.92. The molecule has 10 nitrogen and oxygen atoms in total. The molecule has 1 aliphatic heterocycles. The number of H-pyrrole nitrogens is 1. The van der Waals surface area contributed by atoms with Crippen molar-refractivity contribution < 1.29 is 13.2 Å². The lowest BCUT2D eigenvalue weighted by Crippen LogP contribution is -2.40. The lowest BCUT2D eigenvalue weighted by molar-refractivity contribution is 0.210. The summed E-state index contributed by atoms with van der Waals surface area (Å²) in [7, 11) is -1.56. The summed E-state index contributed by atoms with van der Waals surface area (Å²) < 4.78 is 30.7. The molecule has 166 valence electrons. The maximum Gasteiger partial charge on any atom is 0.222 e. The Labute approximate surface area is 181 Å². The minimum Gasteiger partial charge on any atom is -0.383 e. The molecule has 3 aromatic rings. The molecular formula is C20H27N7O3S. The number of fused-ring (bicyclic) bond motifs is 1. The number of sulfonamides is 1. The molecule has 4 heterocycles. The van der Waals surface area contributed by atoms with Gasteiger partial charge in [0.05, 0.1) is 30.4 Å². The molecule has 1 fully saturated rings. The minimum atomic E-state index is -3.21. The number of hydrogen-bond donors (Lipinski definition) is 2. The van der Waals surface area contributed by atoms with Gasteiger partial charge in [-0.15, -0.1) is 0 Å². The smallest absolute Gasteiger partial charge is 0.222 e. The zero-order valence-electron chi connectivity index (χ0n) is 17.7. The fourth-order valence-corrected chi connectivity index (χ4v) is 4.81. The first-order chi connectivity index (χ1) is 14.9. The van der Waals surface area contributed by atoms with E-state index in [0.717, 1.165) is 35.3 Å². The summed E-state index contributed by atoms with van der Waals surface area (Å²) >= 11 is 0. The Morgan fingerprint density at radius 1 is 1.29 bits per heavy atom. The van der Waals surface area contributed by atoms with Gasteiger partial charge in [-0.3, -0.25) is 0 Å². The largest absolute Gasteiger partial charge is 0.383 e. The number of piperidine rings is 1. The molecule has 0 unspecified atom stereocenters. The highest BCUT2D eigenvalue weighted by molar-refractivity contribution is 7.88. The van der Waals surface area contributed by atoms with Gasteiger partial charge in [0.1, 0.15) is 5.52 Å². The first-order valence-electron chi connectivity index (χ1n) is 10.3. The number of rotatable bonds is 8. The van der Waals surface area contributed by atoms with Crippen molar-refractivity contribution in [3.05, 3.63) is 30.4 Å². The van der Waals surface area contributed by atoms with Gasteiger partial charge in [0.25, 0.3) is 0 Å². The average Bonchev–Trinajstić information content (AvgIpc) is 3.22. The minimum absolute atomic E-state index is 0.174. The standard InChI is InChI=1S/C20H27N7O3S/c1-30-9-7-22-20-24-11-15(18-12-23-19-16(25-18)5-6-21-19)17(26-20)10-14-4-3-8-27(13-14)31(2,28)29/h5-6,11-12,14H,3-4,7-10,13H2,1-2H3,(H,21,23)(H,22,24,26)/t14-/m1/s1. The van der Waals surface area contributed by atoms with Crippen molar-refractivity contribution in [2.75, 3.05) is 44.9 Å². The van der Waals surface area contributed by atoms with E-state index >= 15 is 0 Å². The Morgan fingerprint density at radius 2 is 2.16 bits per heavy atom. The van der Waals surface area contributed by atoms with Crippen LogP contribution in [-0.2, 0) is 21.2 Å². The summed E-state index contributed by atoms with van der Waals surface area (Å²) in [5.41, 5.74) is 3.83. The summed E-state index contributed by atoms with van der Waals surface area (Å²) in [6, 6.07) is 1.87. The third kappa shape index (κ3) is 5.17. The molecule has 31 heavy (non-hydrogen) atoms. The quantitative estimate of drug-likeness (QED) is 0.502. The molecule has 1 aliphatic rings. The second-order valence-electron chi connectivity index (χ2n) is 7.77. The number of hydrogen-bond acceptors (Lipinski definition) is 8. The number of aromatic amines is 1. The van der Waals surface area contributed by atoms with Crippen LogP contribution in [0, 0.1) is 5.92 Å². The van der Waals surface area contributed by atoms with Crippen molar-refractivity contribution in [1.29, 1.82) is 0 Å². The van der Waals surface area contributed by atoms with E-state index in [1.54, 1.807) is 30.0 Å². The average molecular weight is 446 g/mol. The van der Waals surface area contributed by atoms with Gasteiger partial charge < -0.3 is 15.0 Å². The number of nitrogens with zero attached hydrogens (tertiary/aromatic N) is 5. The zero-order valence-corrected chi connectivity index (χ0v) is 18.5. The molecule has 0 saturated carbocycles. The molecule has 1 saturated heterocycles. The normalized spacial score (nSPS) is 17.8.